The number of piperidine rings is 1. The molecule has 3 heteroatoms. The zero-order valence-corrected chi connectivity index (χ0v) is 12.8. The van der Waals surface area contributed by atoms with Crippen molar-refractivity contribution in [2.75, 3.05) is 13.7 Å². The van der Waals surface area contributed by atoms with Crippen LogP contribution in [0.15, 0.2) is 18.2 Å². The third-order valence-corrected chi connectivity index (χ3v) is 5.13. The molecule has 1 aromatic rings. The molecule has 21 heavy (non-hydrogen) atoms. The summed E-state index contributed by atoms with van der Waals surface area (Å²) in [5.41, 5.74) is 1.88. The van der Waals surface area contributed by atoms with Gasteiger partial charge in [-0.05, 0) is 55.8 Å². The molecule has 2 unspecified atom stereocenters. The third-order valence-electron chi connectivity index (χ3n) is 5.13. The second kappa shape index (κ2) is 6.49. The van der Waals surface area contributed by atoms with Crippen molar-refractivity contribution < 1.29 is 4.74 Å². The summed E-state index contributed by atoms with van der Waals surface area (Å²) in [7, 11) is 1.62. The molecule has 3 nitrogen and oxygen atoms in total. The van der Waals surface area contributed by atoms with Gasteiger partial charge in [-0.15, -0.1) is 0 Å². The number of benzene rings is 1. The van der Waals surface area contributed by atoms with E-state index in [1.807, 2.05) is 12.1 Å². The highest BCUT2D eigenvalue weighted by Gasteiger charge is 2.32. The predicted molar refractivity (Wildman–Crippen MR) is 83.1 cm³/mol. The minimum absolute atomic E-state index is 0.646. The highest BCUT2D eigenvalue weighted by atomic mass is 16.5. The van der Waals surface area contributed by atoms with Gasteiger partial charge in [-0.3, -0.25) is 4.90 Å². The maximum absolute atomic E-state index is 9.22. The van der Waals surface area contributed by atoms with E-state index in [0.29, 0.717) is 11.3 Å². The fraction of sp³-hybridized carbons (Fsp3) is 0.611. The van der Waals surface area contributed by atoms with Crippen LogP contribution in [0.5, 0.6) is 5.75 Å². The van der Waals surface area contributed by atoms with Crippen molar-refractivity contribution in [2.24, 2.45) is 5.92 Å². The van der Waals surface area contributed by atoms with Gasteiger partial charge in [0, 0.05) is 12.6 Å². The molecule has 0 radical (unpaired) electrons. The number of ether oxygens (including phenoxy) is 1. The smallest absolute Gasteiger partial charge is 0.136 e. The first-order valence-electron chi connectivity index (χ1n) is 8.13. The zero-order chi connectivity index (χ0) is 14.7. The van der Waals surface area contributed by atoms with Gasteiger partial charge < -0.3 is 4.74 Å². The van der Waals surface area contributed by atoms with Crippen LogP contribution in [0.2, 0.25) is 0 Å². The van der Waals surface area contributed by atoms with E-state index in [0.717, 1.165) is 18.5 Å². The summed E-state index contributed by atoms with van der Waals surface area (Å²) in [6.45, 7) is 2.18. The minimum atomic E-state index is 0.646. The van der Waals surface area contributed by atoms with E-state index >= 15 is 0 Å². The highest BCUT2D eigenvalue weighted by molar-refractivity contribution is 5.45. The third kappa shape index (κ3) is 3.06. The maximum Gasteiger partial charge on any atom is 0.136 e. The van der Waals surface area contributed by atoms with Gasteiger partial charge in [-0.25, -0.2) is 0 Å². The number of methoxy groups -OCH3 is 1. The number of likely N-dealkylation sites (tertiary alicyclic amines) is 1. The average Bonchev–Trinajstić information content (AvgIpc) is 2.55. The predicted octanol–water partition coefficient (Wildman–Crippen LogP) is 3.72. The quantitative estimate of drug-likeness (QED) is 0.848. The first kappa shape index (κ1) is 14.4. The Morgan fingerprint density at radius 1 is 1.24 bits per heavy atom. The van der Waals surface area contributed by atoms with Crippen LogP contribution in [0.4, 0.5) is 0 Å². The molecule has 2 atom stereocenters. The standard InChI is InChI=1S/C18H24N2O/c1-21-18-9-8-14(11-16(18)12-19)13-20-10-4-6-15-5-2-3-7-17(15)20/h8-9,11,15,17H,2-7,10,13H2,1H3. The second-order valence-corrected chi connectivity index (χ2v) is 6.37. The molecule has 0 bridgehead atoms. The molecule has 2 aliphatic rings. The summed E-state index contributed by atoms with van der Waals surface area (Å²) >= 11 is 0. The summed E-state index contributed by atoms with van der Waals surface area (Å²) in [6, 6.07) is 9.02. The number of hydrogen-bond donors (Lipinski definition) is 0. The normalized spacial score (nSPS) is 25.9. The van der Waals surface area contributed by atoms with Gasteiger partial charge in [0.25, 0.3) is 0 Å². The molecule has 112 valence electrons. The van der Waals surface area contributed by atoms with E-state index in [4.69, 9.17) is 4.74 Å². The summed E-state index contributed by atoms with van der Waals surface area (Å²) in [5, 5.41) is 9.22. The van der Waals surface area contributed by atoms with Crippen LogP contribution in [0.3, 0.4) is 0 Å². The summed E-state index contributed by atoms with van der Waals surface area (Å²) in [4.78, 5) is 2.65. The summed E-state index contributed by atoms with van der Waals surface area (Å²) < 4.78 is 5.23. The fourth-order valence-corrected chi connectivity index (χ4v) is 4.10. The van der Waals surface area contributed by atoms with Gasteiger partial charge in [-0.1, -0.05) is 18.9 Å². The van der Waals surface area contributed by atoms with Gasteiger partial charge >= 0.3 is 0 Å². The van der Waals surface area contributed by atoms with Crippen LogP contribution in [-0.2, 0) is 6.54 Å². The molecular formula is C18H24N2O. The number of nitrogens with zero attached hydrogens (tertiary/aromatic N) is 2. The van der Waals surface area contributed by atoms with Crippen LogP contribution in [-0.4, -0.2) is 24.6 Å². The number of rotatable bonds is 3. The Morgan fingerprint density at radius 3 is 2.86 bits per heavy atom. The van der Waals surface area contributed by atoms with Crippen molar-refractivity contribution in [3.8, 4) is 11.8 Å². The lowest BCUT2D eigenvalue weighted by Gasteiger charge is -2.44. The monoisotopic (exact) mass is 284 g/mol. The lowest BCUT2D eigenvalue weighted by molar-refractivity contribution is 0.0547. The topological polar surface area (TPSA) is 36.3 Å². The molecule has 0 N–H and O–H groups in total. The van der Waals surface area contributed by atoms with Gasteiger partial charge in [0.15, 0.2) is 0 Å². The maximum atomic E-state index is 9.22. The highest BCUT2D eigenvalue weighted by Crippen LogP contribution is 2.36. The molecule has 0 spiro atoms. The largest absolute Gasteiger partial charge is 0.495 e. The number of hydrogen-bond acceptors (Lipinski definition) is 3. The lowest BCUT2D eigenvalue weighted by atomic mass is 9.78. The molecular weight excluding hydrogens is 260 g/mol. The molecule has 1 saturated carbocycles. The molecule has 1 aromatic carbocycles. The van der Waals surface area contributed by atoms with Gasteiger partial charge in [0.05, 0.1) is 12.7 Å². The molecule has 1 saturated heterocycles. The first-order chi connectivity index (χ1) is 10.3. The van der Waals surface area contributed by atoms with Gasteiger partial charge in [-0.2, -0.15) is 5.26 Å². The molecule has 1 aliphatic carbocycles. The Morgan fingerprint density at radius 2 is 2.05 bits per heavy atom. The molecule has 1 heterocycles. The molecule has 1 aliphatic heterocycles. The molecule has 0 aromatic heterocycles. The van der Waals surface area contributed by atoms with Crippen molar-refractivity contribution in [2.45, 2.75) is 51.1 Å². The lowest BCUT2D eigenvalue weighted by Crippen LogP contribution is -2.46. The van der Waals surface area contributed by atoms with Crippen LogP contribution >= 0.6 is 0 Å². The second-order valence-electron chi connectivity index (χ2n) is 6.37. The van der Waals surface area contributed by atoms with Crippen molar-refractivity contribution in [3.05, 3.63) is 29.3 Å². The Kier molecular flexibility index (Phi) is 4.45. The molecule has 3 rings (SSSR count). The van der Waals surface area contributed by atoms with E-state index in [1.165, 1.54) is 50.6 Å². The molecule has 2 fully saturated rings. The molecule has 0 amide bonds. The fourth-order valence-electron chi connectivity index (χ4n) is 4.10. The van der Waals surface area contributed by atoms with E-state index in [2.05, 4.69) is 17.0 Å². The Labute approximate surface area is 127 Å². The summed E-state index contributed by atoms with van der Waals surface area (Å²) in [6.07, 6.45) is 8.29. The van der Waals surface area contributed by atoms with E-state index in [-0.39, 0.29) is 0 Å². The first-order valence-corrected chi connectivity index (χ1v) is 8.13. The van der Waals surface area contributed by atoms with Gasteiger partial charge in [0.2, 0.25) is 0 Å². The Hall–Kier alpha value is -1.53. The van der Waals surface area contributed by atoms with Crippen LogP contribution in [0.1, 0.15) is 49.7 Å². The van der Waals surface area contributed by atoms with Crippen molar-refractivity contribution in [3.63, 3.8) is 0 Å². The van der Waals surface area contributed by atoms with E-state index < -0.39 is 0 Å². The van der Waals surface area contributed by atoms with Crippen LogP contribution in [0.25, 0.3) is 0 Å². The van der Waals surface area contributed by atoms with Crippen LogP contribution in [0, 0.1) is 17.2 Å². The minimum Gasteiger partial charge on any atom is -0.495 e. The SMILES string of the molecule is COc1ccc(CN2CCCC3CCCCC32)cc1C#N. The average molecular weight is 284 g/mol. The van der Waals surface area contributed by atoms with Crippen molar-refractivity contribution in [1.82, 2.24) is 4.90 Å². The van der Waals surface area contributed by atoms with Crippen molar-refractivity contribution in [1.29, 1.82) is 5.26 Å². The Balaban J connectivity index is 1.75. The van der Waals surface area contributed by atoms with Crippen molar-refractivity contribution >= 4 is 0 Å². The van der Waals surface area contributed by atoms with Crippen LogP contribution < -0.4 is 4.74 Å². The van der Waals surface area contributed by atoms with E-state index in [9.17, 15) is 5.26 Å². The zero-order valence-electron chi connectivity index (χ0n) is 12.8. The van der Waals surface area contributed by atoms with E-state index in [1.54, 1.807) is 7.11 Å². The Bertz CT molecular complexity index is 533. The number of nitriles is 1. The summed E-state index contributed by atoms with van der Waals surface area (Å²) in [5.74, 6) is 1.58. The van der Waals surface area contributed by atoms with Gasteiger partial charge in [0.1, 0.15) is 11.8 Å². The number of fused-ring (bicyclic) bond motifs is 1.